The SMILES string of the molecule is CN(C)C(=O)CN1CCC(N2c3c(cnc4ccc(Cl)nc34)NN2C)CC1. The number of carbonyl (C=O) groups excluding carboxylic acids is 1. The van der Waals surface area contributed by atoms with Gasteiger partial charge in [-0.05, 0) is 25.0 Å². The van der Waals surface area contributed by atoms with E-state index in [-0.39, 0.29) is 5.91 Å². The van der Waals surface area contributed by atoms with Crippen LogP contribution in [-0.2, 0) is 4.79 Å². The number of likely N-dealkylation sites (tertiary alicyclic amines) is 1. The number of hydrogen-bond donors (Lipinski definition) is 1. The summed E-state index contributed by atoms with van der Waals surface area (Å²) in [5, 5.41) is 4.72. The molecule has 1 amide bonds. The minimum absolute atomic E-state index is 0.148. The average molecular weight is 390 g/mol. The molecule has 0 unspecified atom stereocenters. The number of hydrazine groups is 2. The molecule has 2 aliphatic heterocycles. The van der Waals surface area contributed by atoms with Gasteiger partial charge in [0, 0.05) is 34.2 Å². The molecular formula is C18H24ClN7O. The minimum Gasteiger partial charge on any atom is -0.348 e. The van der Waals surface area contributed by atoms with Crippen LogP contribution in [0, 0.1) is 0 Å². The Morgan fingerprint density at radius 1 is 1.33 bits per heavy atom. The number of nitrogens with one attached hydrogen (secondary N) is 1. The van der Waals surface area contributed by atoms with Gasteiger partial charge in [0.15, 0.2) is 0 Å². The molecule has 0 atom stereocenters. The quantitative estimate of drug-likeness (QED) is 0.803. The van der Waals surface area contributed by atoms with Gasteiger partial charge in [0.25, 0.3) is 0 Å². The molecule has 8 nitrogen and oxygen atoms in total. The Morgan fingerprint density at radius 3 is 2.78 bits per heavy atom. The molecule has 0 spiro atoms. The lowest BCUT2D eigenvalue weighted by atomic mass is 10.0. The Labute approximate surface area is 163 Å². The monoisotopic (exact) mass is 389 g/mol. The van der Waals surface area contributed by atoms with Crippen LogP contribution < -0.4 is 10.4 Å². The zero-order valence-electron chi connectivity index (χ0n) is 15.8. The van der Waals surface area contributed by atoms with Crippen LogP contribution in [0.1, 0.15) is 12.8 Å². The van der Waals surface area contributed by atoms with Gasteiger partial charge >= 0.3 is 0 Å². The van der Waals surface area contributed by atoms with Crippen LogP contribution in [0.3, 0.4) is 0 Å². The summed E-state index contributed by atoms with van der Waals surface area (Å²) in [7, 11) is 5.60. The normalized spacial score (nSPS) is 18.6. The molecule has 27 heavy (non-hydrogen) atoms. The van der Waals surface area contributed by atoms with Gasteiger partial charge in [0.1, 0.15) is 16.4 Å². The number of piperidine rings is 1. The van der Waals surface area contributed by atoms with Crippen molar-refractivity contribution in [2.24, 2.45) is 0 Å². The molecule has 4 rings (SSSR count). The van der Waals surface area contributed by atoms with Crippen molar-refractivity contribution in [3.05, 3.63) is 23.5 Å². The largest absolute Gasteiger partial charge is 0.348 e. The number of anilines is 2. The number of aromatic nitrogens is 2. The van der Waals surface area contributed by atoms with Crippen molar-refractivity contribution in [3.63, 3.8) is 0 Å². The Kier molecular flexibility index (Phi) is 4.79. The minimum atomic E-state index is 0.148. The Balaban J connectivity index is 1.56. The third-order valence-corrected chi connectivity index (χ3v) is 5.46. The maximum atomic E-state index is 12.0. The predicted octanol–water partition coefficient (Wildman–Crippen LogP) is 1.83. The predicted molar refractivity (Wildman–Crippen MR) is 107 cm³/mol. The van der Waals surface area contributed by atoms with Crippen molar-refractivity contribution < 1.29 is 4.79 Å². The number of carbonyl (C=O) groups is 1. The molecule has 144 valence electrons. The van der Waals surface area contributed by atoms with Crippen LogP contribution in [0.5, 0.6) is 0 Å². The molecule has 2 aliphatic rings. The van der Waals surface area contributed by atoms with E-state index in [1.807, 2.05) is 24.4 Å². The maximum Gasteiger partial charge on any atom is 0.236 e. The lowest BCUT2D eigenvalue weighted by Gasteiger charge is -2.40. The van der Waals surface area contributed by atoms with Crippen molar-refractivity contribution in [1.82, 2.24) is 24.9 Å². The van der Waals surface area contributed by atoms with E-state index in [4.69, 9.17) is 11.6 Å². The highest BCUT2D eigenvalue weighted by Crippen LogP contribution is 2.40. The molecule has 0 aliphatic carbocycles. The summed E-state index contributed by atoms with van der Waals surface area (Å²) < 4.78 is 0. The van der Waals surface area contributed by atoms with E-state index in [0.29, 0.717) is 17.7 Å². The first kappa shape index (κ1) is 18.2. The number of likely N-dealkylation sites (N-methyl/N-ethyl adjacent to an activating group) is 1. The fourth-order valence-corrected chi connectivity index (χ4v) is 3.95. The first-order valence-electron chi connectivity index (χ1n) is 9.11. The molecule has 1 fully saturated rings. The van der Waals surface area contributed by atoms with Crippen LogP contribution in [0.4, 0.5) is 11.4 Å². The van der Waals surface area contributed by atoms with Crippen LogP contribution in [0.15, 0.2) is 18.3 Å². The Bertz CT molecular complexity index is 866. The molecule has 1 N–H and O–H groups in total. The summed E-state index contributed by atoms with van der Waals surface area (Å²) in [6.07, 6.45) is 3.78. The van der Waals surface area contributed by atoms with Crippen LogP contribution in [0.25, 0.3) is 11.0 Å². The maximum absolute atomic E-state index is 12.0. The van der Waals surface area contributed by atoms with E-state index in [1.165, 1.54) is 0 Å². The van der Waals surface area contributed by atoms with Gasteiger partial charge < -0.3 is 4.90 Å². The summed E-state index contributed by atoms with van der Waals surface area (Å²) in [4.78, 5) is 24.9. The second-order valence-electron chi connectivity index (χ2n) is 7.30. The number of halogens is 1. The van der Waals surface area contributed by atoms with Gasteiger partial charge in [-0.3, -0.25) is 25.1 Å². The van der Waals surface area contributed by atoms with E-state index in [1.54, 1.807) is 25.1 Å². The fraction of sp³-hybridized carbons (Fsp3) is 0.500. The van der Waals surface area contributed by atoms with Crippen molar-refractivity contribution in [3.8, 4) is 0 Å². The van der Waals surface area contributed by atoms with Gasteiger partial charge in [0.05, 0.1) is 30.0 Å². The van der Waals surface area contributed by atoms with E-state index < -0.39 is 0 Å². The molecule has 0 saturated carbocycles. The van der Waals surface area contributed by atoms with Gasteiger partial charge in [0.2, 0.25) is 5.91 Å². The zero-order valence-corrected chi connectivity index (χ0v) is 16.6. The molecule has 2 aromatic heterocycles. The number of hydrogen-bond acceptors (Lipinski definition) is 7. The number of nitrogens with zero attached hydrogens (tertiary/aromatic N) is 6. The van der Waals surface area contributed by atoms with Crippen molar-refractivity contribution in [2.75, 3.05) is 51.2 Å². The summed E-state index contributed by atoms with van der Waals surface area (Å²) >= 11 is 6.15. The summed E-state index contributed by atoms with van der Waals surface area (Å²) in [6.45, 7) is 2.26. The molecule has 1 saturated heterocycles. The Morgan fingerprint density at radius 2 is 2.07 bits per heavy atom. The third kappa shape index (κ3) is 3.40. The average Bonchev–Trinajstić information content (AvgIpc) is 2.98. The van der Waals surface area contributed by atoms with Gasteiger partial charge in [-0.15, -0.1) is 5.12 Å². The molecule has 0 bridgehead atoms. The third-order valence-electron chi connectivity index (χ3n) is 5.25. The smallest absolute Gasteiger partial charge is 0.236 e. The van der Waals surface area contributed by atoms with Crippen molar-refractivity contribution >= 4 is 39.9 Å². The second-order valence-corrected chi connectivity index (χ2v) is 7.68. The van der Waals surface area contributed by atoms with E-state index in [2.05, 4.69) is 25.3 Å². The zero-order chi connectivity index (χ0) is 19.1. The number of fused-ring (bicyclic) bond motifs is 3. The van der Waals surface area contributed by atoms with Crippen LogP contribution >= 0.6 is 11.6 Å². The molecule has 9 heteroatoms. The van der Waals surface area contributed by atoms with E-state index in [0.717, 1.165) is 48.3 Å². The van der Waals surface area contributed by atoms with Crippen molar-refractivity contribution in [2.45, 2.75) is 18.9 Å². The molecule has 4 heterocycles. The summed E-state index contributed by atoms with van der Waals surface area (Å²) in [5.41, 5.74) is 6.95. The van der Waals surface area contributed by atoms with Crippen molar-refractivity contribution in [1.29, 1.82) is 0 Å². The van der Waals surface area contributed by atoms with E-state index in [9.17, 15) is 4.79 Å². The molecule has 0 aromatic carbocycles. The molecule has 0 radical (unpaired) electrons. The molecule has 2 aromatic rings. The standard InChI is InChI=1S/C18H24ClN7O/c1-23(2)16(27)11-25-8-6-12(7-9-25)26-18-14(22-24(26)3)10-20-13-4-5-15(19)21-17(13)18/h4-5,10,12,22H,6-9,11H2,1-3H3. The second kappa shape index (κ2) is 7.10. The van der Waals surface area contributed by atoms with Gasteiger partial charge in [-0.2, -0.15) is 0 Å². The summed E-state index contributed by atoms with van der Waals surface area (Å²) in [6, 6.07) is 3.98. The first-order valence-corrected chi connectivity index (χ1v) is 9.49. The number of pyridine rings is 2. The first-order chi connectivity index (χ1) is 12.9. The lowest BCUT2D eigenvalue weighted by Crippen LogP contribution is -2.51. The van der Waals surface area contributed by atoms with Gasteiger partial charge in [-0.25, -0.2) is 4.98 Å². The number of rotatable bonds is 3. The molecular weight excluding hydrogens is 366 g/mol. The topological polar surface area (TPSA) is 67.8 Å². The Hall–Kier alpha value is -2.16. The lowest BCUT2D eigenvalue weighted by molar-refractivity contribution is -0.130. The fourth-order valence-electron chi connectivity index (χ4n) is 3.80. The highest BCUT2D eigenvalue weighted by Gasteiger charge is 2.35. The van der Waals surface area contributed by atoms with E-state index >= 15 is 0 Å². The summed E-state index contributed by atoms with van der Waals surface area (Å²) in [5.74, 6) is 0.148. The van der Waals surface area contributed by atoms with Crippen LogP contribution in [0.2, 0.25) is 5.15 Å². The van der Waals surface area contributed by atoms with Crippen LogP contribution in [-0.4, -0.2) is 77.6 Å². The van der Waals surface area contributed by atoms with Gasteiger partial charge in [-0.1, -0.05) is 11.6 Å². The number of amides is 1. The highest BCUT2D eigenvalue weighted by molar-refractivity contribution is 6.29. The highest BCUT2D eigenvalue weighted by atomic mass is 35.5.